The Morgan fingerprint density at radius 1 is 1.71 bits per heavy atom. The van der Waals surface area contributed by atoms with Gasteiger partial charge in [0.1, 0.15) is 0 Å². The molecule has 2 N–H and O–H groups in total. The highest BCUT2D eigenvalue weighted by Crippen LogP contribution is 2.22. The minimum absolute atomic E-state index is 0.0675. The molecule has 1 amide bonds. The molecule has 0 spiro atoms. The Balaban J connectivity index is 2.50. The molecule has 2 atom stereocenters. The molecule has 3 heteroatoms. The number of nitrogens with two attached hydrogens (primary N) is 1. The molecule has 78 valence electrons. The Labute approximate surface area is 85.6 Å². The Kier molecular flexibility index (Phi) is 3.97. The van der Waals surface area contributed by atoms with Crippen molar-refractivity contribution >= 4 is 5.91 Å². The zero-order chi connectivity index (χ0) is 10.6. The highest BCUT2D eigenvalue weighted by atomic mass is 16.2. The highest BCUT2D eigenvalue weighted by Gasteiger charge is 2.27. The maximum Gasteiger partial charge on any atom is 0.234 e. The number of terminal acetylenes is 1. The summed E-state index contributed by atoms with van der Waals surface area (Å²) in [7, 11) is 0. The first kappa shape index (κ1) is 11.1. The molecule has 0 radical (unpaired) electrons. The van der Waals surface area contributed by atoms with E-state index < -0.39 is 0 Å². The monoisotopic (exact) mass is 194 g/mol. The summed E-state index contributed by atoms with van der Waals surface area (Å²) in [6.07, 6.45) is 6.36. The van der Waals surface area contributed by atoms with Gasteiger partial charge in [-0.3, -0.25) is 4.79 Å². The van der Waals surface area contributed by atoms with Gasteiger partial charge in [0.25, 0.3) is 0 Å². The van der Waals surface area contributed by atoms with Crippen molar-refractivity contribution in [3.8, 4) is 12.3 Å². The summed E-state index contributed by atoms with van der Waals surface area (Å²) in [5.74, 6) is 3.51. The van der Waals surface area contributed by atoms with E-state index >= 15 is 0 Å². The molecule has 3 nitrogen and oxygen atoms in total. The van der Waals surface area contributed by atoms with Gasteiger partial charge >= 0.3 is 0 Å². The van der Waals surface area contributed by atoms with E-state index in [2.05, 4.69) is 12.8 Å². The van der Waals surface area contributed by atoms with Gasteiger partial charge in [-0.15, -0.1) is 6.42 Å². The quantitative estimate of drug-likeness (QED) is 0.649. The normalized spacial score (nSPS) is 27.1. The second-order valence-electron chi connectivity index (χ2n) is 3.98. The van der Waals surface area contributed by atoms with Crippen molar-refractivity contribution in [2.45, 2.75) is 19.8 Å². The van der Waals surface area contributed by atoms with Crippen LogP contribution < -0.4 is 5.73 Å². The first-order valence-corrected chi connectivity index (χ1v) is 5.10. The first-order valence-electron chi connectivity index (χ1n) is 5.10. The molecular formula is C11H18N2O. The molecule has 1 fully saturated rings. The number of amides is 1. The lowest BCUT2D eigenvalue weighted by Gasteiger charge is -2.36. The maximum atomic E-state index is 11.5. The zero-order valence-electron chi connectivity index (χ0n) is 8.70. The second kappa shape index (κ2) is 5.02. The molecule has 2 unspecified atom stereocenters. The van der Waals surface area contributed by atoms with Crippen molar-refractivity contribution in [1.82, 2.24) is 4.90 Å². The van der Waals surface area contributed by atoms with Gasteiger partial charge in [0.05, 0.1) is 6.42 Å². The third-order valence-electron chi connectivity index (χ3n) is 3.02. The predicted octanol–water partition coefficient (Wildman–Crippen LogP) is 0.453. The van der Waals surface area contributed by atoms with Gasteiger partial charge in [-0.25, -0.2) is 0 Å². The molecule has 0 saturated carbocycles. The average molecular weight is 194 g/mol. The lowest BCUT2D eigenvalue weighted by molar-refractivity contribution is -0.132. The fourth-order valence-electron chi connectivity index (χ4n) is 1.88. The van der Waals surface area contributed by atoms with Gasteiger partial charge in [0, 0.05) is 13.1 Å². The number of hydrogen-bond acceptors (Lipinski definition) is 2. The standard InChI is InChI=1S/C11H18N2O/c1-3-4-11(14)13-6-5-9(2)10(7-12)8-13/h1,9-10H,4-8,12H2,2H3. The van der Waals surface area contributed by atoms with Crippen molar-refractivity contribution < 1.29 is 4.79 Å². The summed E-state index contributed by atoms with van der Waals surface area (Å²) in [5, 5.41) is 0. The van der Waals surface area contributed by atoms with E-state index in [0.717, 1.165) is 19.5 Å². The van der Waals surface area contributed by atoms with Gasteiger partial charge < -0.3 is 10.6 Å². The molecule has 1 rings (SSSR count). The third-order valence-corrected chi connectivity index (χ3v) is 3.02. The van der Waals surface area contributed by atoms with Crippen LogP contribution in [0.3, 0.4) is 0 Å². The Morgan fingerprint density at radius 2 is 2.43 bits per heavy atom. The van der Waals surface area contributed by atoms with Crippen LogP contribution in [-0.4, -0.2) is 30.4 Å². The van der Waals surface area contributed by atoms with Gasteiger partial charge in [-0.1, -0.05) is 12.8 Å². The fourth-order valence-corrected chi connectivity index (χ4v) is 1.88. The lowest BCUT2D eigenvalue weighted by Crippen LogP contribution is -2.45. The van der Waals surface area contributed by atoms with E-state index in [1.807, 2.05) is 4.90 Å². The third kappa shape index (κ3) is 2.49. The zero-order valence-corrected chi connectivity index (χ0v) is 8.70. The van der Waals surface area contributed by atoms with E-state index in [0.29, 0.717) is 18.4 Å². The van der Waals surface area contributed by atoms with Crippen molar-refractivity contribution in [2.75, 3.05) is 19.6 Å². The van der Waals surface area contributed by atoms with Crippen molar-refractivity contribution in [3.05, 3.63) is 0 Å². The van der Waals surface area contributed by atoms with Gasteiger partial charge in [-0.05, 0) is 24.8 Å². The first-order chi connectivity index (χ1) is 6.69. The molecular weight excluding hydrogens is 176 g/mol. The summed E-state index contributed by atoms with van der Waals surface area (Å²) in [6.45, 7) is 4.46. The summed E-state index contributed by atoms with van der Waals surface area (Å²) in [4.78, 5) is 13.4. The Bertz CT molecular complexity index is 244. The summed E-state index contributed by atoms with van der Waals surface area (Å²) in [5.41, 5.74) is 5.65. The SMILES string of the molecule is C#CCC(=O)N1CCC(C)C(CN)C1. The van der Waals surface area contributed by atoms with Crippen LogP contribution in [0, 0.1) is 24.2 Å². The molecule has 1 aliphatic rings. The van der Waals surface area contributed by atoms with E-state index in [9.17, 15) is 4.79 Å². The van der Waals surface area contributed by atoms with Crippen molar-refractivity contribution in [1.29, 1.82) is 0 Å². The van der Waals surface area contributed by atoms with E-state index in [4.69, 9.17) is 12.2 Å². The van der Waals surface area contributed by atoms with E-state index in [-0.39, 0.29) is 12.3 Å². The highest BCUT2D eigenvalue weighted by molar-refractivity contribution is 5.78. The fraction of sp³-hybridized carbons (Fsp3) is 0.727. The van der Waals surface area contributed by atoms with Crippen LogP contribution in [0.1, 0.15) is 19.8 Å². The number of carbonyl (C=O) groups is 1. The predicted molar refractivity (Wildman–Crippen MR) is 56.4 cm³/mol. The van der Waals surface area contributed by atoms with Crippen LogP contribution in [0.15, 0.2) is 0 Å². The van der Waals surface area contributed by atoms with Crippen LogP contribution >= 0.6 is 0 Å². The lowest BCUT2D eigenvalue weighted by atomic mass is 9.87. The maximum absolute atomic E-state index is 11.5. The molecule has 0 aromatic carbocycles. The van der Waals surface area contributed by atoms with Gasteiger partial charge in [-0.2, -0.15) is 0 Å². The molecule has 1 heterocycles. The van der Waals surface area contributed by atoms with Gasteiger partial charge in [0.15, 0.2) is 0 Å². The van der Waals surface area contributed by atoms with Crippen LogP contribution in [0.5, 0.6) is 0 Å². The number of likely N-dealkylation sites (tertiary alicyclic amines) is 1. The molecule has 14 heavy (non-hydrogen) atoms. The summed E-state index contributed by atoms with van der Waals surface area (Å²) < 4.78 is 0. The average Bonchev–Trinajstić information content (AvgIpc) is 2.19. The topological polar surface area (TPSA) is 46.3 Å². The molecule has 0 bridgehead atoms. The summed E-state index contributed by atoms with van der Waals surface area (Å²) in [6, 6.07) is 0. The number of hydrogen-bond donors (Lipinski definition) is 1. The minimum atomic E-state index is 0.0675. The van der Waals surface area contributed by atoms with Crippen molar-refractivity contribution in [3.63, 3.8) is 0 Å². The van der Waals surface area contributed by atoms with Crippen LogP contribution in [0.4, 0.5) is 0 Å². The Morgan fingerprint density at radius 3 is 3.00 bits per heavy atom. The molecule has 1 saturated heterocycles. The van der Waals surface area contributed by atoms with E-state index in [1.165, 1.54) is 0 Å². The second-order valence-corrected chi connectivity index (χ2v) is 3.98. The number of carbonyl (C=O) groups excluding carboxylic acids is 1. The number of piperidine rings is 1. The van der Waals surface area contributed by atoms with Crippen LogP contribution in [-0.2, 0) is 4.79 Å². The largest absolute Gasteiger partial charge is 0.342 e. The minimum Gasteiger partial charge on any atom is -0.342 e. The molecule has 1 aliphatic heterocycles. The van der Waals surface area contributed by atoms with E-state index in [1.54, 1.807) is 0 Å². The summed E-state index contributed by atoms with van der Waals surface area (Å²) >= 11 is 0. The Hall–Kier alpha value is -1.01. The molecule has 0 aliphatic carbocycles. The molecule has 0 aromatic rings. The molecule has 0 aromatic heterocycles. The van der Waals surface area contributed by atoms with Crippen LogP contribution in [0.2, 0.25) is 0 Å². The van der Waals surface area contributed by atoms with Gasteiger partial charge in [0.2, 0.25) is 5.91 Å². The number of rotatable bonds is 2. The van der Waals surface area contributed by atoms with Crippen LogP contribution in [0.25, 0.3) is 0 Å². The number of nitrogens with zero attached hydrogens (tertiary/aromatic N) is 1. The van der Waals surface area contributed by atoms with Crippen molar-refractivity contribution in [2.24, 2.45) is 17.6 Å². The smallest absolute Gasteiger partial charge is 0.234 e.